The van der Waals surface area contributed by atoms with E-state index >= 15 is 0 Å². The molecule has 2 heterocycles. The van der Waals surface area contributed by atoms with E-state index in [4.69, 9.17) is 14.6 Å². The van der Waals surface area contributed by atoms with Gasteiger partial charge in [-0.2, -0.15) is 5.10 Å². The minimum atomic E-state index is -0.345. The van der Waals surface area contributed by atoms with Crippen LogP contribution in [0.2, 0.25) is 0 Å². The Morgan fingerprint density at radius 1 is 1.07 bits per heavy atom. The normalized spacial score (nSPS) is 14.8. The maximum Gasteiger partial charge on any atom is 0.240 e. The summed E-state index contributed by atoms with van der Waals surface area (Å²) in [4.78, 5) is 28.1. The number of benzene rings is 3. The molecule has 0 radical (unpaired) electrons. The van der Waals surface area contributed by atoms with Gasteiger partial charge in [-0.25, -0.2) is 4.39 Å². The first-order valence-electron chi connectivity index (χ1n) is 12.7. The molecule has 40 heavy (non-hydrogen) atoms. The minimum Gasteiger partial charge on any atom is -0.497 e. The molecule has 1 aliphatic rings. The van der Waals surface area contributed by atoms with E-state index < -0.39 is 0 Å². The third-order valence-electron chi connectivity index (χ3n) is 6.72. The van der Waals surface area contributed by atoms with Crippen molar-refractivity contribution in [3.05, 3.63) is 95.3 Å². The molecule has 1 atom stereocenters. The zero-order valence-electron chi connectivity index (χ0n) is 22.4. The number of carbonyl (C=O) groups is 2. The monoisotopic (exact) mass is 560 g/mol. The molecule has 5 rings (SSSR count). The first-order valence-corrected chi connectivity index (χ1v) is 13.7. The van der Waals surface area contributed by atoms with Crippen molar-refractivity contribution in [3.63, 3.8) is 0 Å². The zero-order chi connectivity index (χ0) is 28.2. The van der Waals surface area contributed by atoms with Crippen LogP contribution in [0.5, 0.6) is 11.5 Å². The Balaban J connectivity index is 1.57. The summed E-state index contributed by atoms with van der Waals surface area (Å²) in [7, 11) is 4.99. The molecule has 0 saturated carbocycles. The number of nitrogens with zero attached hydrogens (tertiary/aromatic N) is 3. The second-order valence-corrected chi connectivity index (χ2v) is 10.4. The number of hydrogen-bond donors (Lipinski definition) is 1. The van der Waals surface area contributed by atoms with Crippen molar-refractivity contribution in [1.82, 2.24) is 15.1 Å². The van der Waals surface area contributed by atoms with E-state index in [1.54, 1.807) is 38.1 Å². The molecule has 0 aliphatic carbocycles. The highest BCUT2D eigenvalue weighted by atomic mass is 32.2. The van der Waals surface area contributed by atoms with Gasteiger partial charge in [-0.15, -0.1) is 11.8 Å². The number of aryl methyl sites for hydroxylation is 1. The number of ether oxygens (including phenoxy) is 2. The molecule has 0 saturated heterocycles. The van der Waals surface area contributed by atoms with Crippen LogP contribution >= 0.6 is 11.8 Å². The maximum absolute atomic E-state index is 13.6. The van der Waals surface area contributed by atoms with Crippen LogP contribution in [-0.2, 0) is 23.2 Å². The number of hydrogen-bond acceptors (Lipinski definition) is 6. The summed E-state index contributed by atoms with van der Waals surface area (Å²) in [5.41, 5.74) is 4.01. The fourth-order valence-electron chi connectivity index (χ4n) is 4.79. The highest BCUT2D eigenvalue weighted by Crippen LogP contribution is 2.50. The van der Waals surface area contributed by atoms with Crippen molar-refractivity contribution in [1.29, 1.82) is 0 Å². The van der Waals surface area contributed by atoms with Gasteiger partial charge in [0, 0.05) is 30.3 Å². The number of rotatable bonds is 8. The van der Waals surface area contributed by atoms with E-state index in [0.717, 1.165) is 22.3 Å². The fraction of sp³-hybridized carbons (Fsp3) is 0.233. The van der Waals surface area contributed by atoms with Gasteiger partial charge < -0.3 is 14.8 Å². The first kappa shape index (κ1) is 27.3. The van der Waals surface area contributed by atoms with Gasteiger partial charge in [0.15, 0.2) is 0 Å². The quantitative estimate of drug-likeness (QED) is 0.336. The molecule has 1 aliphatic heterocycles. The number of halogens is 1. The molecule has 10 heteroatoms. The van der Waals surface area contributed by atoms with Gasteiger partial charge in [-0.05, 0) is 35.9 Å². The lowest BCUT2D eigenvalue weighted by Gasteiger charge is -2.23. The Hall–Kier alpha value is -4.31. The molecule has 0 unspecified atom stereocenters. The molecule has 3 aromatic carbocycles. The van der Waals surface area contributed by atoms with Crippen molar-refractivity contribution in [2.45, 2.75) is 11.8 Å². The van der Waals surface area contributed by atoms with Crippen LogP contribution in [-0.4, -0.2) is 48.1 Å². The maximum atomic E-state index is 13.6. The van der Waals surface area contributed by atoms with E-state index in [9.17, 15) is 14.0 Å². The Morgan fingerprint density at radius 3 is 2.52 bits per heavy atom. The van der Waals surface area contributed by atoms with Crippen molar-refractivity contribution in [3.8, 4) is 22.8 Å². The molecule has 8 nitrogen and oxygen atoms in total. The van der Waals surface area contributed by atoms with Crippen LogP contribution in [0.15, 0.2) is 72.8 Å². The summed E-state index contributed by atoms with van der Waals surface area (Å²) in [6.45, 7) is 0.0242. The molecular formula is C30H29FN4O4S. The van der Waals surface area contributed by atoms with Gasteiger partial charge in [0.1, 0.15) is 29.7 Å². The first-order chi connectivity index (χ1) is 19.4. The fourth-order valence-corrected chi connectivity index (χ4v) is 6.00. The number of thioether (sulfide) groups is 1. The summed E-state index contributed by atoms with van der Waals surface area (Å²) in [6.07, 6.45) is 0. The molecule has 206 valence electrons. The van der Waals surface area contributed by atoms with E-state index in [2.05, 4.69) is 5.32 Å². The summed E-state index contributed by atoms with van der Waals surface area (Å²) < 4.78 is 26.2. The summed E-state index contributed by atoms with van der Waals surface area (Å²) in [5, 5.41) is 7.35. The van der Waals surface area contributed by atoms with Crippen molar-refractivity contribution in [2.24, 2.45) is 7.05 Å². The standard InChI is InChI=1S/C30H29FN4O4S/c1-34-30-27(28(33-34)20-7-5-4-6-8-20)29(23-15-22(38-2)13-14-24(23)39-3)40-18-26(37)35(30)17-25(36)32-16-19-9-11-21(31)12-10-19/h4-15,29H,16-18H2,1-3H3,(H,32,36)/t29-/m1/s1. The van der Waals surface area contributed by atoms with Gasteiger partial charge in [-0.3, -0.25) is 19.2 Å². The van der Waals surface area contributed by atoms with Crippen LogP contribution in [0.4, 0.5) is 10.2 Å². The second-order valence-electron chi connectivity index (χ2n) is 9.26. The number of anilines is 1. The Bertz CT molecular complexity index is 1520. The molecule has 2 amide bonds. The van der Waals surface area contributed by atoms with E-state index in [1.807, 2.05) is 48.5 Å². The summed E-state index contributed by atoms with van der Waals surface area (Å²) in [6, 6.07) is 21.3. The van der Waals surface area contributed by atoms with E-state index in [1.165, 1.54) is 28.8 Å². The SMILES string of the molecule is COc1ccc(OC)c([C@H]2SCC(=O)N(CC(=O)NCc3ccc(F)cc3)c3c2c(-c2ccccc2)nn3C)c1. The van der Waals surface area contributed by atoms with Crippen molar-refractivity contribution >= 4 is 29.4 Å². The number of methoxy groups -OCH3 is 2. The summed E-state index contributed by atoms with van der Waals surface area (Å²) in [5.74, 6) is 1.10. The zero-order valence-corrected chi connectivity index (χ0v) is 23.2. The lowest BCUT2D eigenvalue weighted by molar-refractivity contribution is -0.123. The third kappa shape index (κ3) is 5.53. The summed E-state index contributed by atoms with van der Waals surface area (Å²) >= 11 is 1.45. The highest BCUT2D eigenvalue weighted by molar-refractivity contribution is 8.00. The van der Waals surface area contributed by atoms with Crippen LogP contribution < -0.4 is 19.7 Å². The van der Waals surface area contributed by atoms with Gasteiger partial charge in [-0.1, -0.05) is 42.5 Å². The van der Waals surface area contributed by atoms with Gasteiger partial charge in [0.05, 0.1) is 30.9 Å². The molecule has 0 bridgehead atoms. The van der Waals surface area contributed by atoms with Crippen molar-refractivity contribution in [2.75, 3.05) is 31.4 Å². The smallest absolute Gasteiger partial charge is 0.240 e. The lowest BCUT2D eigenvalue weighted by atomic mass is 9.98. The topological polar surface area (TPSA) is 85.7 Å². The molecule has 1 aromatic heterocycles. The molecular weight excluding hydrogens is 531 g/mol. The lowest BCUT2D eigenvalue weighted by Crippen LogP contribution is -2.42. The Labute approximate surface area is 236 Å². The molecule has 0 spiro atoms. The number of fused-ring (bicyclic) bond motifs is 1. The van der Waals surface area contributed by atoms with Gasteiger partial charge >= 0.3 is 0 Å². The van der Waals surface area contributed by atoms with Crippen LogP contribution in [0.25, 0.3) is 11.3 Å². The molecule has 0 fully saturated rings. The van der Waals surface area contributed by atoms with E-state index in [0.29, 0.717) is 23.0 Å². The average Bonchev–Trinajstić information content (AvgIpc) is 3.24. The Morgan fingerprint density at radius 2 is 1.82 bits per heavy atom. The predicted molar refractivity (Wildman–Crippen MR) is 153 cm³/mol. The largest absolute Gasteiger partial charge is 0.497 e. The number of amides is 2. The molecule has 4 aromatic rings. The number of carbonyl (C=O) groups excluding carboxylic acids is 2. The second kappa shape index (κ2) is 11.8. The minimum absolute atomic E-state index is 0.138. The predicted octanol–water partition coefficient (Wildman–Crippen LogP) is 4.73. The number of nitrogens with one attached hydrogen (secondary N) is 1. The van der Waals surface area contributed by atoms with Gasteiger partial charge in [0.2, 0.25) is 11.8 Å². The Kier molecular flexibility index (Phi) is 8.06. The van der Waals surface area contributed by atoms with E-state index in [-0.39, 0.29) is 41.7 Å². The van der Waals surface area contributed by atoms with Crippen molar-refractivity contribution < 1.29 is 23.5 Å². The number of aromatic nitrogens is 2. The van der Waals surface area contributed by atoms with Crippen LogP contribution in [0.3, 0.4) is 0 Å². The highest BCUT2D eigenvalue weighted by Gasteiger charge is 2.37. The van der Waals surface area contributed by atoms with Crippen LogP contribution in [0.1, 0.15) is 21.9 Å². The third-order valence-corrected chi connectivity index (χ3v) is 7.95. The average molecular weight is 561 g/mol. The van der Waals surface area contributed by atoms with Crippen LogP contribution in [0, 0.1) is 5.82 Å². The van der Waals surface area contributed by atoms with Gasteiger partial charge in [0.25, 0.3) is 0 Å². The molecule has 1 N–H and O–H groups in total.